The third-order valence-corrected chi connectivity index (χ3v) is 7.05. The van der Waals surface area contributed by atoms with Crippen LogP contribution in [0.15, 0.2) is 34.6 Å². The lowest BCUT2D eigenvalue weighted by Crippen LogP contribution is -2.50. The molecule has 2 amide bonds. The zero-order valence-corrected chi connectivity index (χ0v) is 16.7. The standard InChI is InChI=1S/C21H27FN2O4/c1-11-15-9-21(3)12(2)18(28-20(27)24-6-5-14(22)10-24)17(25)8-13(21)7-16(15)23(4)19(11)26/h7-8,12,14,17-18,25H,5-6,9-10H2,1-4H3/t12-,14?,17+,18+,21+/m0/s1. The van der Waals surface area contributed by atoms with Crippen molar-refractivity contribution in [3.05, 3.63) is 34.6 Å². The first-order chi connectivity index (χ1) is 13.1. The number of allylic oxidation sites excluding steroid dienone is 3. The maximum atomic E-state index is 13.4. The minimum atomic E-state index is -1.01. The van der Waals surface area contributed by atoms with Gasteiger partial charge in [0.25, 0.3) is 5.91 Å². The number of alkyl halides is 1. The fourth-order valence-corrected chi connectivity index (χ4v) is 4.92. The van der Waals surface area contributed by atoms with Gasteiger partial charge in [-0.2, -0.15) is 0 Å². The maximum Gasteiger partial charge on any atom is 0.410 e. The van der Waals surface area contributed by atoms with Crippen molar-refractivity contribution in [3.8, 4) is 0 Å². The number of likely N-dealkylation sites (N-methyl/N-ethyl adjacent to an activating group) is 1. The van der Waals surface area contributed by atoms with Crippen LogP contribution in [0.25, 0.3) is 0 Å². The largest absolute Gasteiger partial charge is 0.443 e. The maximum absolute atomic E-state index is 13.4. The van der Waals surface area contributed by atoms with Gasteiger partial charge in [0.15, 0.2) is 0 Å². The number of aliphatic hydroxyl groups excluding tert-OH is 1. The number of hydrogen-bond acceptors (Lipinski definition) is 4. The van der Waals surface area contributed by atoms with E-state index in [1.807, 2.05) is 19.9 Å². The van der Waals surface area contributed by atoms with Crippen LogP contribution in [0.1, 0.15) is 33.6 Å². The van der Waals surface area contributed by atoms with Crippen LogP contribution < -0.4 is 0 Å². The second-order valence-corrected chi connectivity index (χ2v) is 8.67. The molecule has 6 nitrogen and oxygen atoms in total. The topological polar surface area (TPSA) is 70.1 Å². The first kappa shape index (κ1) is 19.2. The average Bonchev–Trinajstić information content (AvgIpc) is 3.17. The lowest BCUT2D eigenvalue weighted by molar-refractivity contribution is -0.123. The number of halogens is 1. The highest BCUT2D eigenvalue weighted by molar-refractivity contribution is 6.00. The Labute approximate surface area is 164 Å². The van der Waals surface area contributed by atoms with E-state index in [0.717, 1.165) is 22.4 Å². The molecular weight excluding hydrogens is 363 g/mol. The molecule has 7 heteroatoms. The summed E-state index contributed by atoms with van der Waals surface area (Å²) < 4.78 is 19.1. The van der Waals surface area contributed by atoms with Crippen molar-refractivity contribution in [1.82, 2.24) is 9.80 Å². The molecule has 1 N–H and O–H groups in total. The van der Waals surface area contributed by atoms with E-state index in [1.54, 1.807) is 18.0 Å². The van der Waals surface area contributed by atoms with Crippen LogP contribution in [-0.4, -0.2) is 65.4 Å². The molecule has 152 valence electrons. The van der Waals surface area contributed by atoms with Crippen molar-refractivity contribution in [2.24, 2.45) is 11.3 Å². The SMILES string of the molecule is CC1=C2C[C@@]3(C)C(=C[C@@H](O)[C@H](OC(=O)N4CCC(F)C4)[C@@H]3C)C=C2N(C)C1=O. The number of nitrogens with zero attached hydrogens (tertiary/aromatic N) is 2. The lowest BCUT2D eigenvalue weighted by Gasteiger charge is -2.48. The Morgan fingerprint density at radius 3 is 2.79 bits per heavy atom. The van der Waals surface area contributed by atoms with E-state index < -0.39 is 24.5 Å². The summed E-state index contributed by atoms with van der Waals surface area (Å²) in [6, 6.07) is 0. The van der Waals surface area contributed by atoms with Crippen molar-refractivity contribution in [2.45, 2.75) is 52.0 Å². The molecule has 28 heavy (non-hydrogen) atoms. The van der Waals surface area contributed by atoms with E-state index in [9.17, 15) is 19.1 Å². The van der Waals surface area contributed by atoms with Crippen molar-refractivity contribution >= 4 is 12.0 Å². The molecule has 0 spiro atoms. The molecule has 2 aliphatic carbocycles. The lowest BCUT2D eigenvalue weighted by atomic mass is 9.59. The molecule has 0 bridgehead atoms. The second-order valence-electron chi connectivity index (χ2n) is 8.67. The van der Waals surface area contributed by atoms with Gasteiger partial charge in [-0.05, 0) is 43.1 Å². The zero-order chi connectivity index (χ0) is 20.4. The Morgan fingerprint density at radius 2 is 2.14 bits per heavy atom. The Hall–Kier alpha value is -2.15. The van der Waals surface area contributed by atoms with E-state index >= 15 is 0 Å². The number of ether oxygens (including phenoxy) is 1. The summed E-state index contributed by atoms with van der Waals surface area (Å²) in [7, 11) is 1.76. The molecule has 1 fully saturated rings. The van der Waals surface area contributed by atoms with Crippen LogP contribution in [0, 0.1) is 11.3 Å². The zero-order valence-electron chi connectivity index (χ0n) is 16.7. The molecule has 4 rings (SSSR count). The van der Waals surface area contributed by atoms with Crippen LogP contribution in [0.4, 0.5) is 9.18 Å². The molecule has 2 aliphatic heterocycles. The number of carbonyl (C=O) groups excluding carboxylic acids is 2. The van der Waals surface area contributed by atoms with Gasteiger partial charge in [-0.1, -0.05) is 13.8 Å². The summed E-state index contributed by atoms with van der Waals surface area (Å²) in [4.78, 5) is 27.8. The highest BCUT2D eigenvalue weighted by Gasteiger charge is 2.51. The van der Waals surface area contributed by atoms with E-state index in [4.69, 9.17) is 4.74 Å². The van der Waals surface area contributed by atoms with Gasteiger partial charge >= 0.3 is 6.09 Å². The van der Waals surface area contributed by atoms with Gasteiger partial charge in [-0.15, -0.1) is 0 Å². The van der Waals surface area contributed by atoms with Gasteiger partial charge < -0.3 is 19.6 Å². The number of rotatable bonds is 1. The molecule has 1 unspecified atom stereocenters. The molecule has 0 aromatic rings. The van der Waals surface area contributed by atoms with E-state index in [2.05, 4.69) is 6.92 Å². The molecule has 0 saturated carbocycles. The summed E-state index contributed by atoms with van der Waals surface area (Å²) in [6.45, 7) is 6.27. The number of hydrogen-bond donors (Lipinski definition) is 1. The Balaban J connectivity index is 1.63. The van der Waals surface area contributed by atoms with Crippen molar-refractivity contribution in [3.63, 3.8) is 0 Å². The Morgan fingerprint density at radius 1 is 1.43 bits per heavy atom. The van der Waals surface area contributed by atoms with Gasteiger partial charge in [0.1, 0.15) is 18.4 Å². The molecule has 2 heterocycles. The van der Waals surface area contributed by atoms with Crippen molar-refractivity contribution < 1.29 is 23.8 Å². The van der Waals surface area contributed by atoms with E-state index in [1.165, 1.54) is 4.90 Å². The monoisotopic (exact) mass is 390 g/mol. The molecule has 1 saturated heterocycles. The normalized spacial score (nSPS) is 37.6. The first-order valence-electron chi connectivity index (χ1n) is 9.83. The Kier molecular flexibility index (Phi) is 4.41. The number of aliphatic hydroxyl groups is 1. The van der Waals surface area contributed by atoms with E-state index in [0.29, 0.717) is 19.4 Å². The summed E-state index contributed by atoms with van der Waals surface area (Å²) in [5.41, 5.74) is 3.22. The highest BCUT2D eigenvalue weighted by Crippen LogP contribution is 2.54. The first-order valence-corrected chi connectivity index (χ1v) is 9.83. The van der Waals surface area contributed by atoms with Crippen molar-refractivity contribution in [2.75, 3.05) is 20.1 Å². The highest BCUT2D eigenvalue weighted by atomic mass is 19.1. The Bertz CT molecular complexity index is 832. The fraction of sp³-hybridized carbons (Fsp3) is 0.619. The smallest absolute Gasteiger partial charge is 0.410 e. The number of likely N-dealkylation sites (tertiary alicyclic amines) is 1. The van der Waals surface area contributed by atoms with E-state index in [-0.39, 0.29) is 23.8 Å². The molecular formula is C21H27FN2O4. The van der Waals surface area contributed by atoms with Crippen LogP contribution >= 0.6 is 0 Å². The predicted octanol–water partition coefficient (Wildman–Crippen LogP) is 2.55. The third-order valence-electron chi connectivity index (χ3n) is 7.05. The summed E-state index contributed by atoms with van der Waals surface area (Å²) in [5.74, 6) is -0.176. The van der Waals surface area contributed by atoms with Gasteiger partial charge in [0.05, 0.1) is 6.54 Å². The van der Waals surface area contributed by atoms with Crippen LogP contribution in [0.5, 0.6) is 0 Å². The van der Waals surface area contributed by atoms with Crippen LogP contribution in [0.2, 0.25) is 0 Å². The second kappa shape index (κ2) is 6.44. The molecule has 4 aliphatic rings. The summed E-state index contributed by atoms with van der Waals surface area (Å²) in [5, 5.41) is 10.7. The summed E-state index contributed by atoms with van der Waals surface area (Å²) >= 11 is 0. The molecule has 0 aromatic heterocycles. The molecule has 0 aromatic carbocycles. The number of carbonyl (C=O) groups is 2. The number of fused-ring (bicyclic) bond motifs is 2. The predicted molar refractivity (Wildman–Crippen MR) is 101 cm³/mol. The van der Waals surface area contributed by atoms with Gasteiger partial charge in [0.2, 0.25) is 0 Å². The fourth-order valence-electron chi connectivity index (χ4n) is 4.92. The minimum absolute atomic E-state index is 0.00455. The molecule has 5 atom stereocenters. The minimum Gasteiger partial charge on any atom is -0.443 e. The van der Waals surface area contributed by atoms with Gasteiger partial charge in [-0.3, -0.25) is 4.79 Å². The van der Waals surface area contributed by atoms with Gasteiger partial charge in [-0.25, -0.2) is 9.18 Å². The average molecular weight is 390 g/mol. The molecule has 0 radical (unpaired) electrons. The quantitative estimate of drug-likeness (QED) is 0.747. The van der Waals surface area contributed by atoms with Crippen LogP contribution in [-0.2, 0) is 9.53 Å². The van der Waals surface area contributed by atoms with Crippen molar-refractivity contribution in [1.29, 1.82) is 0 Å². The summed E-state index contributed by atoms with van der Waals surface area (Å²) in [6.07, 6.45) is 1.41. The van der Waals surface area contributed by atoms with Crippen LogP contribution in [0.3, 0.4) is 0 Å². The third kappa shape index (κ3) is 2.70. The van der Waals surface area contributed by atoms with Gasteiger partial charge in [0, 0.05) is 36.2 Å². The number of amides is 2.